The second-order valence-corrected chi connectivity index (χ2v) is 7.54. The van der Waals surface area contributed by atoms with Gasteiger partial charge in [-0.1, -0.05) is 17.7 Å². The summed E-state index contributed by atoms with van der Waals surface area (Å²) in [6.45, 7) is 2.23. The third kappa shape index (κ3) is 5.27. The molecular formula is C17H19ClN2O4S. The Morgan fingerprint density at radius 3 is 2.64 bits per heavy atom. The SMILES string of the molecule is COCCNS(=O)(=O)c1cccc(C(=O)Nc2ccc(Cl)cc2C)c1. The Hall–Kier alpha value is -1.93. The average molecular weight is 383 g/mol. The Balaban J connectivity index is 2.18. The van der Waals surface area contributed by atoms with Gasteiger partial charge >= 0.3 is 0 Å². The molecular weight excluding hydrogens is 364 g/mol. The van der Waals surface area contributed by atoms with Gasteiger partial charge in [0.15, 0.2) is 0 Å². The Kier molecular flexibility index (Phi) is 6.55. The molecule has 134 valence electrons. The van der Waals surface area contributed by atoms with E-state index in [4.69, 9.17) is 16.3 Å². The van der Waals surface area contributed by atoms with Gasteiger partial charge in [-0.05, 0) is 48.9 Å². The largest absolute Gasteiger partial charge is 0.383 e. The summed E-state index contributed by atoms with van der Waals surface area (Å²) in [6.07, 6.45) is 0. The Morgan fingerprint density at radius 2 is 1.96 bits per heavy atom. The molecule has 0 aliphatic heterocycles. The molecule has 2 aromatic rings. The summed E-state index contributed by atoms with van der Waals surface area (Å²) in [4.78, 5) is 12.4. The van der Waals surface area contributed by atoms with E-state index >= 15 is 0 Å². The maximum Gasteiger partial charge on any atom is 0.255 e. The monoisotopic (exact) mass is 382 g/mol. The van der Waals surface area contributed by atoms with Crippen LogP contribution in [0.2, 0.25) is 5.02 Å². The van der Waals surface area contributed by atoms with Crippen molar-refractivity contribution in [3.8, 4) is 0 Å². The van der Waals surface area contributed by atoms with E-state index in [1.165, 1.54) is 25.3 Å². The summed E-state index contributed by atoms with van der Waals surface area (Å²) in [5.41, 5.74) is 1.66. The number of carbonyl (C=O) groups is 1. The normalized spacial score (nSPS) is 11.3. The molecule has 0 aliphatic rings. The van der Waals surface area contributed by atoms with Crippen molar-refractivity contribution < 1.29 is 17.9 Å². The minimum Gasteiger partial charge on any atom is -0.383 e. The molecule has 0 spiro atoms. The van der Waals surface area contributed by atoms with Crippen LogP contribution in [0.15, 0.2) is 47.4 Å². The van der Waals surface area contributed by atoms with Gasteiger partial charge in [-0.15, -0.1) is 0 Å². The average Bonchev–Trinajstić information content (AvgIpc) is 2.57. The maximum atomic E-state index is 12.4. The van der Waals surface area contributed by atoms with Gasteiger partial charge in [0.05, 0.1) is 11.5 Å². The number of sulfonamides is 1. The highest BCUT2D eigenvalue weighted by molar-refractivity contribution is 7.89. The summed E-state index contributed by atoms with van der Waals surface area (Å²) in [5.74, 6) is -0.403. The van der Waals surface area contributed by atoms with Crippen LogP contribution in [0.25, 0.3) is 0 Å². The molecule has 0 fully saturated rings. The molecule has 2 aromatic carbocycles. The Labute approximate surface area is 152 Å². The van der Waals surface area contributed by atoms with Crippen molar-refractivity contribution in [1.29, 1.82) is 0 Å². The molecule has 0 aromatic heterocycles. The lowest BCUT2D eigenvalue weighted by Crippen LogP contribution is -2.27. The van der Waals surface area contributed by atoms with E-state index in [-0.39, 0.29) is 23.6 Å². The standard InChI is InChI=1S/C17H19ClN2O4S/c1-12-10-14(18)6-7-16(12)20-17(21)13-4-3-5-15(11-13)25(22,23)19-8-9-24-2/h3-7,10-11,19H,8-9H2,1-2H3,(H,20,21). The molecule has 25 heavy (non-hydrogen) atoms. The molecule has 0 heterocycles. The van der Waals surface area contributed by atoms with Crippen molar-refractivity contribution in [2.24, 2.45) is 0 Å². The predicted molar refractivity (Wildman–Crippen MR) is 97.6 cm³/mol. The summed E-state index contributed by atoms with van der Waals surface area (Å²) in [7, 11) is -2.22. The number of aryl methyl sites for hydroxylation is 1. The molecule has 0 saturated heterocycles. The van der Waals surface area contributed by atoms with E-state index in [2.05, 4.69) is 10.0 Å². The van der Waals surface area contributed by atoms with E-state index in [1.54, 1.807) is 24.3 Å². The number of halogens is 1. The van der Waals surface area contributed by atoms with Crippen LogP contribution in [0.3, 0.4) is 0 Å². The molecule has 0 atom stereocenters. The fourth-order valence-electron chi connectivity index (χ4n) is 2.13. The fourth-order valence-corrected chi connectivity index (χ4v) is 3.41. The molecule has 2 N–H and O–H groups in total. The molecule has 2 rings (SSSR count). The molecule has 0 bridgehead atoms. The molecule has 0 radical (unpaired) electrons. The Bertz CT molecular complexity index is 869. The van der Waals surface area contributed by atoms with Crippen LogP contribution >= 0.6 is 11.6 Å². The van der Waals surface area contributed by atoms with Crippen molar-refractivity contribution in [1.82, 2.24) is 4.72 Å². The van der Waals surface area contributed by atoms with Gasteiger partial charge in [0.1, 0.15) is 0 Å². The molecule has 0 saturated carbocycles. The lowest BCUT2D eigenvalue weighted by atomic mass is 10.1. The maximum absolute atomic E-state index is 12.4. The third-order valence-electron chi connectivity index (χ3n) is 3.44. The first-order valence-electron chi connectivity index (χ1n) is 7.49. The second-order valence-electron chi connectivity index (χ2n) is 5.33. The molecule has 6 nitrogen and oxygen atoms in total. The number of amides is 1. The van der Waals surface area contributed by atoms with Crippen LogP contribution in [-0.4, -0.2) is 34.6 Å². The number of hydrogen-bond donors (Lipinski definition) is 2. The lowest BCUT2D eigenvalue weighted by molar-refractivity contribution is 0.102. The number of benzene rings is 2. The van der Waals surface area contributed by atoms with Gasteiger partial charge in [-0.2, -0.15) is 0 Å². The third-order valence-corrected chi connectivity index (χ3v) is 5.14. The van der Waals surface area contributed by atoms with Crippen LogP contribution in [0.4, 0.5) is 5.69 Å². The van der Waals surface area contributed by atoms with Crippen LogP contribution in [0.5, 0.6) is 0 Å². The number of rotatable bonds is 7. The number of ether oxygens (including phenoxy) is 1. The fraction of sp³-hybridized carbons (Fsp3) is 0.235. The summed E-state index contributed by atoms with van der Waals surface area (Å²) < 4.78 is 31.7. The highest BCUT2D eigenvalue weighted by Gasteiger charge is 2.16. The molecule has 8 heteroatoms. The second kappa shape index (κ2) is 8.44. The lowest BCUT2D eigenvalue weighted by Gasteiger charge is -2.10. The minimum atomic E-state index is -3.70. The van der Waals surface area contributed by atoms with Gasteiger partial charge in [-0.3, -0.25) is 4.79 Å². The number of methoxy groups -OCH3 is 1. The number of hydrogen-bond acceptors (Lipinski definition) is 4. The number of nitrogens with one attached hydrogen (secondary N) is 2. The molecule has 0 unspecified atom stereocenters. The van der Waals surface area contributed by atoms with Crippen LogP contribution in [0, 0.1) is 6.92 Å². The summed E-state index contributed by atoms with van der Waals surface area (Å²) in [6, 6.07) is 10.9. The van der Waals surface area contributed by atoms with Gasteiger partial charge in [0.25, 0.3) is 5.91 Å². The zero-order chi connectivity index (χ0) is 18.4. The first-order valence-corrected chi connectivity index (χ1v) is 9.36. The van der Waals surface area contributed by atoms with E-state index < -0.39 is 15.9 Å². The number of anilines is 1. The predicted octanol–water partition coefficient (Wildman–Crippen LogP) is 2.83. The van der Waals surface area contributed by atoms with Crippen molar-refractivity contribution in [2.45, 2.75) is 11.8 Å². The van der Waals surface area contributed by atoms with Gasteiger partial charge in [0.2, 0.25) is 10.0 Å². The zero-order valence-electron chi connectivity index (χ0n) is 13.9. The first kappa shape index (κ1) is 19.4. The Morgan fingerprint density at radius 1 is 1.20 bits per heavy atom. The van der Waals surface area contributed by atoms with Crippen LogP contribution in [-0.2, 0) is 14.8 Å². The minimum absolute atomic E-state index is 0.0177. The quantitative estimate of drug-likeness (QED) is 0.721. The van der Waals surface area contributed by atoms with E-state index in [0.717, 1.165) is 5.56 Å². The van der Waals surface area contributed by atoms with Gasteiger partial charge < -0.3 is 10.1 Å². The smallest absolute Gasteiger partial charge is 0.255 e. The molecule has 0 aliphatic carbocycles. The van der Waals surface area contributed by atoms with Crippen molar-refractivity contribution >= 4 is 33.2 Å². The van der Waals surface area contributed by atoms with Crippen molar-refractivity contribution in [3.05, 3.63) is 58.6 Å². The first-order chi connectivity index (χ1) is 11.8. The topological polar surface area (TPSA) is 84.5 Å². The van der Waals surface area contributed by atoms with Crippen LogP contribution in [0.1, 0.15) is 15.9 Å². The van der Waals surface area contributed by atoms with E-state index in [0.29, 0.717) is 10.7 Å². The van der Waals surface area contributed by atoms with E-state index in [1.807, 2.05) is 6.92 Å². The van der Waals surface area contributed by atoms with Crippen molar-refractivity contribution in [3.63, 3.8) is 0 Å². The highest BCUT2D eigenvalue weighted by Crippen LogP contribution is 2.21. The van der Waals surface area contributed by atoms with Gasteiger partial charge in [-0.25, -0.2) is 13.1 Å². The summed E-state index contributed by atoms with van der Waals surface area (Å²) >= 11 is 5.90. The number of carbonyl (C=O) groups excluding carboxylic acids is 1. The van der Waals surface area contributed by atoms with Gasteiger partial charge in [0, 0.05) is 29.9 Å². The van der Waals surface area contributed by atoms with Crippen LogP contribution < -0.4 is 10.0 Å². The van der Waals surface area contributed by atoms with Crippen molar-refractivity contribution in [2.75, 3.05) is 25.6 Å². The zero-order valence-corrected chi connectivity index (χ0v) is 15.4. The van der Waals surface area contributed by atoms with E-state index in [9.17, 15) is 13.2 Å². The highest BCUT2D eigenvalue weighted by atomic mass is 35.5. The molecule has 1 amide bonds. The summed E-state index contributed by atoms with van der Waals surface area (Å²) in [5, 5.41) is 3.33.